The minimum atomic E-state index is 0.160. The Balaban J connectivity index is 1.93. The second kappa shape index (κ2) is 5.86. The van der Waals surface area contributed by atoms with Gasteiger partial charge in [-0.15, -0.1) is 0 Å². The molecule has 2 aromatic rings. The van der Waals surface area contributed by atoms with Crippen molar-refractivity contribution in [2.75, 3.05) is 12.4 Å². The van der Waals surface area contributed by atoms with Crippen LogP contribution in [0, 0.1) is 0 Å². The number of benzene rings is 2. The molecule has 1 unspecified atom stereocenters. The van der Waals surface area contributed by atoms with Crippen molar-refractivity contribution >= 4 is 17.3 Å². The molecule has 0 bridgehead atoms. The summed E-state index contributed by atoms with van der Waals surface area (Å²) < 4.78 is 5.38. The standard InChI is InChI=1S/C17H18ClNO2/c1-21-17-8-6-12(18)9-16(17)19-15-4-2-3-11-5-7-13(20)10-14(11)15/h5-10,15,19-20H,2-4H2,1H3. The number of phenols is 1. The van der Waals surface area contributed by atoms with Gasteiger partial charge in [0.25, 0.3) is 0 Å². The van der Waals surface area contributed by atoms with Crippen molar-refractivity contribution in [3.05, 3.63) is 52.5 Å². The molecule has 2 aromatic carbocycles. The number of rotatable bonds is 3. The zero-order valence-corrected chi connectivity index (χ0v) is 12.7. The zero-order valence-electron chi connectivity index (χ0n) is 11.9. The molecule has 2 N–H and O–H groups in total. The van der Waals surface area contributed by atoms with Gasteiger partial charge in [0.2, 0.25) is 0 Å². The smallest absolute Gasteiger partial charge is 0.142 e. The molecule has 0 aromatic heterocycles. The number of nitrogens with one attached hydrogen (secondary N) is 1. The fourth-order valence-corrected chi connectivity index (χ4v) is 3.09. The highest BCUT2D eigenvalue weighted by molar-refractivity contribution is 6.30. The van der Waals surface area contributed by atoms with Crippen molar-refractivity contribution in [3.8, 4) is 11.5 Å². The maximum atomic E-state index is 9.74. The van der Waals surface area contributed by atoms with Crippen molar-refractivity contribution in [1.29, 1.82) is 0 Å². The molecular formula is C17H18ClNO2. The van der Waals surface area contributed by atoms with Crippen LogP contribution in [0.5, 0.6) is 11.5 Å². The third kappa shape index (κ3) is 2.93. The Morgan fingerprint density at radius 2 is 2.10 bits per heavy atom. The van der Waals surface area contributed by atoms with Gasteiger partial charge in [-0.25, -0.2) is 0 Å². The highest BCUT2D eigenvalue weighted by atomic mass is 35.5. The van der Waals surface area contributed by atoms with Crippen LogP contribution >= 0.6 is 11.6 Å². The number of aromatic hydroxyl groups is 1. The number of hydrogen-bond donors (Lipinski definition) is 2. The average Bonchev–Trinajstić information content (AvgIpc) is 2.48. The lowest BCUT2D eigenvalue weighted by Gasteiger charge is -2.28. The summed E-state index contributed by atoms with van der Waals surface area (Å²) in [5.74, 6) is 1.08. The van der Waals surface area contributed by atoms with Crippen LogP contribution in [0.4, 0.5) is 5.69 Å². The first-order chi connectivity index (χ1) is 10.2. The summed E-state index contributed by atoms with van der Waals surface area (Å²) in [7, 11) is 1.65. The zero-order chi connectivity index (χ0) is 14.8. The Morgan fingerprint density at radius 3 is 2.90 bits per heavy atom. The van der Waals surface area contributed by atoms with Gasteiger partial charge in [0, 0.05) is 5.02 Å². The van der Waals surface area contributed by atoms with Gasteiger partial charge in [0.15, 0.2) is 0 Å². The van der Waals surface area contributed by atoms with E-state index in [9.17, 15) is 5.11 Å². The molecule has 0 saturated heterocycles. The van der Waals surface area contributed by atoms with E-state index in [-0.39, 0.29) is 6.04 Å². The molecule has 0 spiro atoms. The highest BCUT2D eigenvalue weighted by Gasteiger charge is 2.21. The van der Waals surface area contributed by atoms with Crippen molar-refractivity contribution in [2.24, 2.45) is 0 Å². The number of halogens is 1. The Hall–Kier alpha value is -1.87. The van der Waals surface area contributed by atoms with Crippen LogP contribution in [0.25, 0.3) is 0 Å². The first-order valence-electron chi connectivity index (χ1n) is 7.09. The predicted molar refractivity (Wildman–Crippen MR) is 85.4 cm³/mol. The molecule has 3 nitrogen and oxygen atoms in total. The molecule has 110 valence electrons. The van der Waals surface area contributed by atoms with Crippen molar-refractivity contribution < 1.29 is 9.84 Å². The van der Waals surface area contributed by atoms with E-state index in [0.29, 0.717) is 10.8 Å². The summed E-state index contributed by atoms with van der Waals surface area (Å²) in [5, 5.41) is 13.9. The molecule has 1 aliphatic rings. The Labute approximate surface area is 129 Å². The van der Waals surface area contributed by atoms with Crippen LogP contribution in [-0.2, 0) is 6.42 Å². The van der Waals surface area contributed by atoms with E-state index in [1.807, 2.05) is 30.3 Å². The lowest BCUT2D eigenvalue weighted by atomic mass is 9.87. The Bertz CT molecular complexity index is 657. The average molecular weight is 304 g/mol. The summed E-state index contributed by atoms with van der Waals surface area (Å²) in [6.07, 6.45) is 3.20. The van der Waals surface area contributed by atoms with Gasteiger partial charge in [0.05, 0.1) is 18.8 Å². The second-order valence-electron chi connectivity index (χ2n) is 5.32. The van der Waals surface area contributed by atoms with Crippen molar-refractivity contribution in [3.63, 3.8) is 0 Å². The summed E-state index contributed by atoms with van der Waals surface area (Å²) in [4.78, 5) is 0. The van der Waals surface area contributed by atoms with Gasteiger partial charge in [0.1, 0.15) is 11.5 Å². The molecule has 1 aliphatic carbocycles. The fraction of sp³-hybridized carbons (Fsp3) is 0.294. The number of anilines is 1. The summed E-state index contributed by atoms with van der Waals surface area (Å²) in [6.45, 7) is 0. The monoisotopic (exact) mass is 303 g/mol. The van der Waals surface area contributed by atoms with Gasteiger partial charge < -0.3 is 15.2 Å². The van der Waals surface area contributed by atoms with E-state index < -0.39 is 0 Å². The van der Waals surface area contributed by atoms with Crippen LogP contribution < -0.4 is 10.1 Å². The maximum absolute atomic E-state index is 9.74. The van der Waals surface area contributed by atoms with E-state index in [1.165, 1.54) is 5.56 Å². The van der Waals surface area contributed by atoms with Crippen LogP contribution in [0.2, 0.25) is 5.02 Å². The van der Waals surface area contributed by atoms with Crippen molar-refractivity contribution in [1.82, 2.24) is 0 Å². The largest absolute Gasteiger partial charge is 0.508 e. The molecule has 1 atom stereocenters. The van der Waals surface area contributed by atoms with E-state index in [4.69, 9.17) is 16.3 Å². The maximum Gasteiger partial charge on any atom is 0.142 e. The quantitative estimate of drug-likeness (QED) is 0.874. The van der Waals surface area contributed by atoms with E-state index >= 15 is 0 Å². The van der Waals surface area contributed by atoms with Crippen LogP contribution in [0.15, 0.2) is 36.4 Å². The fourth-order valence-electron chi connectivity index (χ4n) is 2.92. The van der Waals surface area contributed by atoms with E-state index in [0.717, 1.165) is 36.3 Å². The molecule has 0 saturated carbocycles. The van der Waals surface area contributed by atoms with E-state index in [1.54, 1.807) is 13.2 Å². The molecule has 0 heterocycles. The van der Waals surface area contributed by atoms with Crippen LogP contribution in [-0.4, -0.2) is 12.2 Å². The van der Waals surface area contributed by atoms with E-state index in [2.05, 4.69) is 5.32 Å². The summed E-state index contributed by atoms with van der Waals surface area (Å²) >= 11 is 6.08. The summed E-state index contributed by atoms with van der Waals surface area (Å²) in [5.41, 5.74) is 3.33. The molecular weight excluding hydrogens is 286 g/mol. The molecule has 0 fully saturated rings. The minimum Gasteiger partial charge on any atom is -0.508 e. The molecule has 0 amide bonds. The van der Waals surface area contributed by atoms with Gasteiger partial charge in [-0.05, 0) is 60.7 Å². The van der Waals surface area contributed by atoms with Gasteiger partial charge >= 0.3 is 0 Å². The SMILES string of the molecule is COc1ccc(Cl)cc1NC1CCCc2ccc(O)cc21. The number of phenolic OH excluding ortho intramolecular Hbond substituents is 1. The normalized spacial score (nSPS) is 17.1. The van der Waals surface area contributed by atoms with Gasteiger partial charge in [-0.1, -0.05) is 17.7 Å². The number of methoxy groups -OCH3 is 1. The number of hydrogen-bond acceptors (Lipinski definition) is 3. The Morgan fingerprint density at radius 1 is 1.24 bits per heavy atom. The Kier molecular flexibility index (Phi) is 3.93. The molecule has 21 heavy (non-hydrogen) atoms. The molecule has 3 rings (SSSR count). The number of ether oxygens (including phenoxy) is 1. The molecule has 0 aliphatic heterocycles. The number of aryl methyl sites for hydroxylation is 1. The van der Waals surface area contributed by atoms with Gasteiger partial charge in [-0.2, -0.15) is 0 Å². The third-order valence-corrected chi connectivity index (χ3v) is 4.17. The predicted octanol–water partition coefficient (Wildman–Crippen LogP) is 4.54. The second-order valence-corrected chi connectivity index (χ2v) is 5.75. The highest BCUT2D eigenvalue weighted by Crippen LogP contribution is 2.37. The van der Waals surface area contributed by atoms with Crippen LogP contribution in [0.3, 0.4) is 0 Å². The van der Waals surface area contributed by atoms with Gasteiger partial charge in [-0.3, -0.25) is 0 Å². The molecule has 0 radical (unpaired) electrons. The lowest BCUT2D eigenvalue weighted by molar-refractivity contribution is 0.415. The number of fused-ring (bicyclic) bond motifs is 1. The topological polar surface area (TPSA) is 41.5 Å². The van der Waals surface area contributed by atoms with Crippen LogP contribution in [0.1, 0.15) is 30.0 Å². The first kappa shape index (κ1) is 14.1. The molecule has 4 heteroatoms. The lowest BCUT2D eigenvalue weighted by Crippen LogP contribution is -2.17. The third-order valence-electron chi connectivity index (χ3n) is 3.94. The summed E-state index contributed by atoms with van der Waals surface area (Å²) in [6, 6.07) is 11.3. The minimum absolute atomic E-state index is 0.160. The van der Waals surface area contributed by atoms with Crippen molar-refractivity contribution in [2.45, 2.75) is 25.3 Å². The first-order valence-corrected chi connectivity index (χ1v) is 7.47.